The lowest BCUT2D eigenvalue weighted by Crippen LogP contribution is -2.22. The molecule has 146 valence electrons. The minimum Gasteiger partial charge on any atom is -0.467 e. The van der Waals surface area contributed by atoms with Crippen LogP contribution in [0.5, 0.6) is 10.9 Å². The van der Waals surface area contributed by atoms with Crippen LogP contribution in [0.3, 0.4) is 0 Å². The molecule has 0 unspecified atom stereocenters. The van der Waals surface area contributed by atoms with Gasteiger partial charge in [-0.3, -0.25) is 4.79 Å². The van der Waals surface area contributed by atoms with E-state index in [4.69, 9.17) is 9.15 Å². The largest absolute Gasteiger partial charge is 0.467 e. The van der Waals surface area contributed by atoms with E-state index < -0.39 is 0 Å². The van der Waals surface area contributed by atoms with Crippen molar-refractivity contribution < 1.29 is 18.3 Å². The Labute approximate surface area is 170 Å². The maximum Gasteiger partial charge on any atom is 0.298 e. The molecule has 0 atom stereocenters. The predicted molar refractivity (Wildman–Crippen MR) is 106 cm³/mol. The van der Waals surface area contributed by atoms with Crippen molar-refractivity contribution in [1.82, 2.24) is 14.7 Å². The Bertz CT molecular complexity index is 1080. The number of benzene rings is 2. The van der Waals surface area contributed by atoms with Crippen molar-refractivity contribution in [3.63, 3.8) is 0 Å². The van der Waals surface area contributed by atoms with E-state index in [2.05, 4.69) is 14.7 Å². The number of nitrogens with one attached hydrogen (secondary N) is 1. The van der Waals surface area contributed by atoms with E-state index in [1.54, 1.807) is 54.8 Å². The van der Waals surface area contributed by atoms with Crippen LogP contribution in [0.1, 0.15) is 27.5 Å². The van der Waals surface area contributed by atoms with Gasteiger partial charge in [-0.05, 0) is 54.1 Å². The van der Waals surface area contributed by atoms with Gasteiger partial charge in [0.25, 0.3) is 11.1 Å². The number of hydrogen-bond acceptors (Lipinski definition) is 6. The van der Waals surface area contributed by atoms with Gasteiger partial charge in [-0.25, -0.2) is 4.39 Å². The summed E-state index contributed by atoms with van der Waals surface area (Å²) in [6.45, 7) is 0.325. The third kappa shape index (κ3) is 5.05. The summed E-state index contributed by atoms with van der Waals surface area (Å²) in [4.78, 5) is 16.5. The molecule has 4 rings (SSSR count). The molecule has 0 bridgehead atoms. The first-order valence-electron chi connectivity index (χ1n) is 8.81. The van der Waals surface area contributed by atoms with Crippen molar-refractivity contribution in [3.8, 4) is 10.9 Å². The number of ether oxygens (including phenoxy) is 1. The normalized spacial score (nSPS) is 10.7. The fourth-order valence-electron chi connectivity index (χ4n) is 2.59. The molecule has 1 amide bonds. The Balaban J connectivity index is 1.33. The van der Waals surface area contributed by atoms with Gasteiger partial charge >= 0.3 is 0 Å². The highest BCUT2D eigenvalue weighted by atomic mass is 32.1. The molecule has 2 heterocycles. The van der Waals surface area contributed by atoms with E-state index in [1.165, 1.54) is 12.1 Å². The van der Waals surface area contributed by atoms with Crippen LogP contribution in [0, 0.1) is 5.82 Å². The Hall–Kier alpha value is -3.52. The molecule has 0 aliphatic carbocycles. The minimum atomic E-state index is -0.276. The van der Waals surface area contributed by atoms with Crippen molar-refractivity contribution in [1.29, 1.82) is 0 Å². The van der Waals surface area contributed by atoms with Crippen LogP contribution in [0.4, 0.5) is 4.39 Å². The van der Waals surface area contributed by atoms with Crippen LogP contribution in [0.2, 0.25) is 0 Å². The average Bonchev–Trinajstić information content (AvgIpc) is 3.41. The Morgan fingerprint density at radius 2 is 1.90 bits per heavy atom. The zero-order valence-electron chi connectivity index (χ0n) is 15.2. The van der Waals surface area contributed by atoms with Crippen LogP contribution >= 0.6 is 11.5 Å². The van der Waals surface area contributed by atoms with E-state index >= 15 is 0 Å². The first kappa shape index (κ1) is 18.8. The SMILES string of the molecule is O=C(NCc1ccco1)c1ccc(Oc2nc(Cc3ccc(F)cc3)ns2)cc1. The molecule has 6 nitrogen and oxygen atoms in total. The lowest BCUT2D eigenvalue weighted by molar-refractivity contribution is 0.0948. The fraction of sp³-hybridized carbons (Fsp3) is 0.0952. The fourth-order valence-corrected chi connectivity index (χ4v) is 3.16. The van der Waals surface area contributed by atoms with Crippen molar-refractivity contribution in [2.24, 2.45) is 0 Å². The van der Waals surface area contributed by atoms with Gasteiger partial charge in [0.2, 0.25) is 0 Å². The van der Waals surface area contributed by atoms with Crippen LogP contribution in [0.15, 0.2) is 71.3 Å². The van der Waals surface area contributed by atoms with E-state index in [0.717, 1.165) is 17.1 Å². The quantitative estimate of drug-likeness (QED) is 0.483. The molecule has 0 saturated carbocycles. The molecule has 0 fully saturated rings. The highest BCUT2D eigenvalue weighted by Crippen LogP contribution is 2.24. The number of carbonyl (C=O) groups excluding carboxylic acids is 1. The van der Waals surface area contributed by atoms with Crippen LogP contribution < -0.4 is 10.1 Å². The van der Waals surface area contributed by atoms with Crippen LogP contribution in [0.25, 0.3) is 0 Å². The Morgan fingerprint density at radius 3 is 2.62 bits per heavy atom. The molecule has 4 aromatic rings. The summed E-state index contributed by atoms with van der Waals surface area (Å²) in [5.41, 5.74) is 1.43. The highest BCUT2D eigenvalue weighted by Gasteiger charge is 2.10. The smallest absolute Gasteiger partial charge is 0.298 e. The molecular formula is C21H16FN3O3S. The number of nitrogens with zero attached hydrogens (tertiary/aromatic N) is 2. The third-order valence-electron chi connectivity index (χ3n) is 4.05. The second-order valence-corrected chi connectivity index (χ2v) is 6.88. The molecular weight excluding hydrogens is 393 g/mol. The first-order valence-corrected chi connectivity index (χ1v) is 9.58. The second-order valence-electron chi connectivity index (χ2n) is 6.17. The Morgan fingerprint density at radius 1 is 1.10 bits per heavy atom. The van der Waals surface area contributed by atoms with Gasteiger partial charge < -0.3 is 14.5 Å². The van der Waals surface area contributed by atoms with Gasteiger partial charge in [0.05, 0.1) is 12.8 Å². The zero-order chi connectivity index (χ0) is 20.1. The van der Waals surface area contributed by atoms with Gasteiger partial charge in [-0.1, -0.05) is 12.1 Å². The Kier molecular flexibility index (Phi) is 5.62. The highest BCUT2D eigenvalue weighted by molar-refractivity contribution is 7.07. The van der Waals surface area contributed by atoms with E-state index in [-0.39, 0.29) is 11.7 Å². The number of carbonyl (C=O) groups is 1. The van der Waals surface area contributed by atoms with Crippen molar-refractivity contribution in [3.05, 3.63) is 95.5 Å². The molecule has 0 aliphatic heterocycles. The number of halogens is 1. The minimum absolute atomic E-state index is 0.203. The number of furan rings is 1. The third-order valence-corrected chi connectivity index (χ3v) is 4.68. The van der Waals surface area contributed by atoms with Gasteiger partial charge in [-0.15, -0.1) is 0 Å². The van der Waals surface area contributed by atoms with Gasteiger partial charge in [-0.2, -0.15) is 9.36 Å². The summed E-state index contributed by atoms with van der Waals surface area (Å²) < 4.78 is 28.1. The van der Waals surface area contributed by atoms with Gasteiger partial charge in [0.15, 0.2) is 5.82 Å². The maximum absolute atomic E-state index is 13.0. The van der Waals surface area contributed by atoms with Crippen molar-refractivity contribution in [2.45, 2.75) is 13.0 Å². The average molecular weight is 409 g/mol. The summed E-state index contributed by atoms with van der Waals surface area (Å²) in [7, 11) is 0. The molecule has 1 N–H and O–H groups in total. The molecule has 0 aliphatic rings. The molecule has 0 radical (unpaired) electrons. The second kappa shape index (κ2) is 8.66. The number of hydrogen-bond donors (Lipinski definition) is 1. The summed E-state index contributed by atoms with van der Waals surface area (Å²) in [6, 6.07) is 16.5. The summed E-state index contributed by atoms with van der Waals surface area (Å²) in [5, 5.41) is 3.18. The molecule has 2 aromatic carbocycles. The van der Waals surface area contributed by atoms with Gasteiger partial charge in [0.1, 0.15) is 17.3 Å². The number of aromatic nitrogens is 2. The first-order chi connectivity index (χ1) is 14.2. The molecule has 8 heteroatoms. The van der Waals surface area contributed by atoms with Gasteiger partial charge in [0, 0.05) is 23.5 Å². The zero-order valence-corrected chi connectivity index (χ0v) is 16.0. The van der Waals surface area contributed by atoms with E-state index in [0.29, 0.717) is 41.1 Å². The van der Waals surface area contributed by atoms with E-state index in [9.17, 15) is 9.18 Å². The summed E-state index contributed by atoms with van der Waals surface area (Å²) in [5.74, 6) is 1.36. The summed E-state index contributed by atoms with van der Waals surface area (Å²) >= 11 is 1.14. The number of amides is 1. The predicted octanol–water partition coefficient (Wildman–Crippen LogP) is 4.58. The lowest BCUT2D eigenvalue weighted by atomic mass is 10.1. The maximum atomic E-state index is 13.0. The number of rotatable bonds is 7. The topological polar surface area (TPSA) is 77.2 Å². The summed E-state index contributed by atoms with van der Waals surface area (Å²) in [6.07, 6.45) is 2.06. The van der Waals surface area contributed by atoms with Crippen molar-refractivity contribution in [2.75, 3.05) is 0 Å². The van der Waals surface area contributed by atoms with E-state index in [1.807, 2.05) is 0 Å². The molecule has 0 spiro atoms. The molecule has 2 aromatic heterocycles. The van der Waals surface area contributed by atoms with Crippen molar-refractivity contribution >= 4 is 17.4 Å². The standard InChI is InChI=1S/C21H16FN3O3S/c22-16-7-3-14(4-8-16)12-19-24-21(29-25-19)28-17-9-5-15(6-10-17)20(26)23-13-18-2-1-11-27-18/h1-11H,12-13H2,(H,23,26). The van der Waals surface area contributed by atoms with Crippen LogP contribution in [-0.2, 0) is 13.0 Å². The molecule has 29 heavy (non-hydrogen) atoms. The van der Waals surface area contributed by atoms with Crippen LogP contribution in [-0.4, -0.2) is 15.3 Å². The molecule has 0 saturated heterocycles. The lowest BCUT2D eigenvalue weighted by Gasteiger charge is -2.05. The monoisotopic (exact) mass is 409 g/mol.